The largest absolute Gasteiger partial charge is 0.444 e. The van der Waals surface area contributed by atoms with Gasteiger partial charge in [-0.1, -0.05) is 56.3 Å². The second-order valence-electron chi connectivity index (χ2n) is 9.97. The van der Waals surface area contributed by atoms with Gasteiger partial charge in [0.1, 0.15) is 5.60 Å². The van der Waals surface area contributed by atoms with Crippen LogP contribution in [0.5, 0.6) is 0 Å². The maximum absolute atomic E-state index is 12.4. The van der Waals surface area contributed by atoms with Crippen LogP contribution < -0.4 is 5.32 Å². The van der Waals surface area contributed by atoms with Gasteiger partial charge in [0.25, 0.3) is 5.91 Å². The lowest BCUT2D eigenvalue weighted by Gasteiger charge is -2.24. The van der Waals surface area contributed by atoms with E-state index in [1.165, 1.54) is 25.7 Å². The van der Waals surface area contributed by atoms with Crippen LogP contribution in [-0.2, 0) is 4.74 Å². The van der Waals surface area contributed by atoms with Crippen molar-refractivity contribution in [3.8, 4) is 11.4 Å². The Morgan fingerprint density at radius 1 is 1.12 bits per heavy atom. The highest BCUT2D eigenvalue weighted by molar-refractivity contribution is 5.94. The van der Waals surface area contributed by atoms with Crippen molar-refractivity contribution in [3.63, 3.8) is 0 Å². The Morgan fingerprint density at radius 2 is 1.82 bits per heavy atom. The highest BCUT2D eigenvalue weighted by Gasteiger charge is 2.33. The molecule has 2 amide bonds. The molecule has 2 aromatic rings. The summed E-state index contributed by atoms with van der Waals surface area (Å²) in [5.41, 5.74) is 0.871. The van der Waals surface area contributed by atoms with Crippen LogP contribution in [-0.4, -0.2) is 52.3 Å². The smallest absolute Gasteiger partial charge is 0.410 e. The molecule has 1 fully saturated rings. The van der Waals surface area contributed by atoms with E-state index >= 15 is 0 Å². The van der Waals surface area contributed by atoms with Crippen molar-refractivity contribution in [1.82, 2.24) is 20.4 Å². The quantitative estimate of drug-likeness (QED) is 0.457. The second-order valence-corrected chi connectivity index (χ2v) is 9.97. The number of aromatic nitrogens is 2. The molecule has 0 saturated carbocycles. The van der Waals surface area contributed by atoms with Gasteiger partial charge in [-0.15, -0.1) is 0 Å². The Hall–Kier alpha value is -2.90. The first-order valence-electron chi connectivity index (χ1n) is 12.5. The summed E-state index contributed by atoms with van der Waals surface area (Å²) in [5, 5.41) is 7.09. The number of amides is 2. The number of benzene rings is 1. The number of carbonyl (C=O) groups excluding carboxylic acids is 2. The summed E-state index contributed by atoms with van der Waals surface area (Å²) < 4.78 is 10.9. The SMILES string of the molecule is CCCCCCCCNC(=O)c1ccc(-c2noc([C@@H]3CCN(C(=O)OC(C)(C)C)C3)n2)cc1. The first kappa shape index (κ1) is 25.7. The summed E-state index contributed by atoms with van der Waals surface area (Å²) in [6.45, 7) is 9.56. The van der Waals surface area contributed by atoms with E-state index in [0.29, 0.717) is 36.9 Å². The normalized spacial score (nSPS) is 16.0. The molecule has 0 unspecified atom stereocenters. The van der Waals surface area contributed by atoms with Crippen molar-refractivity contribution in [2.75, 3.05) is 19.6 Å². The molecule has 186 valence electrons. The molecule has 1 atom stereocenters. The minimum absolute atomic E-state index is 0.0132. The zero-order valence-corrected chi connectivity index (χ0v) is 20.9. The van der Waals surface area contributed by atoms with Gasteiger partial charge < -0.3 is 19.5 Å². The minimum atomic E-state index is -0.524. The van der Waals surface area contributed by atoms with Crippen LogP contribution in [0.15, 0.2) is 28.8 Å². The summed E-state index contributed by atoms with van der Waals surface area (Å²) >= 11 is 0. The molecule has 0 radical (unpaired) electrons. The van der Waals surface area contributed by atoms with Crippen LogP contribution >= 0.6 is 0 Å². The van der Waals surface area contributed by atoms with Gasteiger partial charge in [0, 0.05) is 30.8 Å². The maximum atomic E-state index is 12.4. The average molecular weight is 471 g/mol. The predicted molar refractivity (Wildman–Crippen MR) is 131 cm³/mol. The minimum Gasteiger partial charge on any atom is -0.444 e. The van der Waals surface area contributed by atoms with E-state index in [1.54, 1.807) is 17.0 Å². The monoisotopic (exact) mass is 470 g/mol. The van der Waals surface area contributed by atoms with Crippen molar-refractivity contribution in [3.05, 3.63) is 35.7 Å². The van der Waals surface area contributed by atoms with Crippen LogP contribution in [0.3, 0.4) is 0 Å². The van der Waals surface area contributed by atoms with Gasteiger partial charge in [-0.25, -0.2) is 4.79 Å². The molecule has 3 rings (SSSR count). The third kappa shape index (κ3) is 7.57. The number of hydrogen-bond donors (Lipinski definition) is 1. The molecule has 34 heavy (non-hydrogen) atoms. The molecule has 1 saturated heterocycles. The molecule has 8 nitrogen and oxygen atoms in total. The number of likely N-dealkylation sites (tertiary alicyclic amines) is 1. The fourth-order valence-electron chi connectivity index (χ4n) is 3.95. The molecule has 0 bridgehead atoms. The lowest BCUT2D eigenvalue weighted by Crippen LogP contribution is -2.35. The van der Waals surface area contributed by atoms with E-state index in [0.717, 1.165) is 24.8 Å². The highest BCUT2D eigenvalue weighted by atomic mass is 16.6. The average Bonchev–Trinajstić information content (AvgIpc) is 3.47. The number of carbonyl (C=O) groups is 2. The van der Waals surface area contributed by atoms with Gasteiger partial charge in [0.2, 0.25) is 11.7 Å². The maximum Gasteiger partial charge on any atom is 0.410 e. The fraction of sp³-hybridized carbons (Fsp3) is 0.615. The summed E-state index contributed by atoms with van der Waals surface area (Å²) in [5.74, 6) is 0.912. The molecule has 1 aliphatic heterocycles. The summed E-state index contributed by atoms with van der Waals surface area (Å²) in [6.07, 6.45) is 7.61. The second kappa shape index (κ2) is 12.0. The third-order valence-corrected chi connectivity index (χ3v) is 5.85. The number of hydrogen-bond acceptors (Lipinski definition) is 6. The summed E-state index contributed by atoms with van der Waals surface area (Å²) in [4.78, 5) is 30.9. The van der Waals surface area contributed by atoms with Crippen molar-refractivity contribution in [2.45, 2.75) is 84.2 Å². The van der Waals surface area contributed by atoms with Gasteiger partial charge in [-0.3, -0.25) is 4.79 Å². The van der Waals surface area contributed by atoms with Gasteiger partial charge in [-0.05, 0) is 45.7 Å². The zero-order chi connectivity index (χ0) is 24.6. The zero-order valence-electron chi connectivity index (χ0n) is 20.9. The van der Waals surface area contributed by atoms with E-state index in [4.69, 9.17) is 9.26 Å². The van der Waals surface area contributed by atoms with E-state index in [-0.39, 0.29) is 17.9 Å². The molecule has 0 spiro atoms. The van der Waals surface area contributed by atoms with Gasteiger partial charge in [0.05, 0.1) is 5.92 Å². The molecule has 0 aliphatic carbocycles. The van der Waals surface area contributed by atoms with Crippen molar-refractivity contribution >= 4 is 12.0 Å². The van der Waals surface area contributed by atoms with Crippen LogP contribution in [0.25, 0.3) is 11.4 Å². The Labute approximate surface area is 202 Å². The van der Waals surface area contributed by atoms with Crippen molar-refractivity contribution in [1.29, 1.82) is 0 Å². The number of rotatable bonds is 10. The van der Waals surface area contributed by atoms with Gasteiger partial charge in [0.15, 0.2) is 0 Å². The summed E-state index contributed by atoms with van der Waals surface area (Å²) in [6, 6.07) is 7.22. The molecular weight excluding hydrogens is 432 g/mol. The van der Waals surface area contributed by atoms with Crippen LogP contribution in [0.1, 0.15) is 94.8 Å². The number of ether oxygens (including phenoxy) is 1. The van der Waals surface area contributed by atoms with Gasteiger partial charge >= 0.3 is 6.09 Å². The Bertz CT molecular complexity index is 933. The van der Waals surface area contributed by atoms with E-state index in [1.807, 2.05) is 32.9 Å². The number of unbranched alkanes of at least 4 members (excludes halogenated alkanes) is 5. The fourth-order valence-corrected chi connectivity index (χ4v) is 3.95. The lowest BCUT2D eigenvalue weighted by molar-refractivity contribution is 0.0291. The first-order valence-corrected chi connectivity index (χ1v) is 12.5. The molecule has 1 aliphatic rings. The molecule has 1 N–H and O–H groups in total. The van der Waals surface area contributed by atoms with Crippen molar-refractivity contribution in [2.24, 2.45) is 0 Å². The highest BCUT2D eigenvalue weighted by Crippen LogP contribution is 2.29. The topological polar surface area (TPSA) is 97.6 Å². The Morgan fingerprint density at radius 3 is 2.53 bits per heavy atom. The Kier molecular flexibility index (Phi) is 9.07. The molecule has 2 heterocycles. The van der Waals surface area contributed by atoms with Crippen LogP contribution in [0, 0.1) is 0 Å². The third-order valence-electron chi connectivity index (χ3n) is 5.85. The number of nitrogens with zero attached hydrogens (tertiary/aromatic N) is 3. The predicted octanol–water partition coefficient (Wildman–Crippen LogP) is 5.55. The van der Waals surface area contributed by atoms with Crippen molar-refractivity contribution < 1.29 is 18.8 Å². The standard InChI is InChI=1S/C26H38N4O4/c1-5-6-7-8-9-10-16-27-23(31)20-13-11-19(12-14-20)22-28-24(34-29-22)21-15-17-30(18-21)25(32)33-26(2,3)4/h11-14,21H,5-10,15-18H2,1-4H3,(H,27,31)/t21-/m1/s1. The van der Waals surface area contributed by atoms with E-state index in [2.05, 4.69) is 22.4 Å². The molecule has 8 heteroatoms. The molecule has 1 aromatic carbocycles. The van der Waals surface area contributed by atoms with Crippen LogP contribution in [0.2, 0.25) is 0 Å². The van der Waals surface area contributed by atoms with Gasteiger partial charge in [-0.2, -0.15) is 4.98 Å². The molecular formula is C26H38N4O4. The first-order chi connectivity index (χ1) is 16.3. The Balaban J connectivity index is 1.48. The van der Waals surface area contributed by atoms with E-state index in [9.17, 15) is 9.59 Å². The summed E-state index contributed by atoms with van der Waals surface area (Å²) in [7, 11) is 0. The number of nitrogens with one attached hydrogen (secondary N) is 1. The van der Waals surface area contributed by atoms with Crippen LogP contribution in [0.4, 0.5) is 4.79 Å². The lowest BCUT2D eigenvalue weighted by atomic mass is 10.1. The van der Waals surface area contributed by atoms with E-state index < -0.39 is 5.60 Å². The molecule has 1 aromatic heterocycles.